The highest BCUT2D eigenvalue weighted by Gasteiger charge is 2.14. The Balaban J connectivity index is 1.75. The van der Waals surface area contributed by atoms with Crippen molar-refractivity contribution >= 4 is 17.5 Å². The van der Waals surface area contributed by atoms with Gasteiger partial charge in [-0.05, 0) is 49.4 Å². The molecule has 0 radical (unpaired) electrons. The number of aromatic nitrogens is 2. The van der Waals surface area contributed by atoms with Crippen molar-refractivity contribution in [3.8, 4) is 22.9 Å². The van der Waals surface area contributed by atoms with Crippen molar-refractivity contribution in [2.75, 3.05) is 26.6 Å². The number of Topliss-reactive ketones (excluding diaryl/α,β-unsaturated/α-hetero) is 1. The summed E-state index contributed by atoms with van der Waals surface area (Å²) in [6.45, 7) is 2.48. The maximum Gasteiger partial charge on any atom is 0.287 e. The van der Waals surface area contributed by atoms with E-state index in [1.807, 2.05) is 6.92 Å². The van der Waals surface area contributed by atoms with Gasteiger partial charge in [0.05, 0.1) is 26.6 Å². The molecule has 30 heavy (non-hydrogen) atoms. The Bertz CT molecular complexity index is 1080. The summed E-state index contributed by atoms with van der Waals surface area (Å²) in [7, 11) is 3.05. The zero-order valence-electron chi connectivity index (χ0n) is 17.0. The van der Waals surface area contributed by atoms with Crippen LogP contribution in [0.25, 0.3) is 5.69 Å². The topological polar surface area (TPSA) is 79.7 Å². The molecule has 3 aromatic rings. The molecule has 1 aromatic heterocycles. The van der Waals surface area contributed by atoms with E-state index >= 15 is 0 Å². The molecule has 3 rings (SSSR count). The predicted octanol–water partition coefficient (Wildman–Crippen LogP) is 3.62. The van der Waals surface area contributed by atoms with E-state index in [4.69, 9.17) is 14.2 Å². The number of thioether (sulfide) groups is 1. The second-order valence-electron chi connectivity index (χ2n) is 6.12. The van der Waals surface area contributed by atoms with Crippen LogP contribution in [0.2, 0.25) is 0 Å². The van der Waals surface area contributed by atoms with Gasteiger partial charge in [-0.1, -0.05) is 11.8 Å². The minimum atomic E-state index is -0.285. The van der Waals surface area contributed by atoms with Gasteiger partial charge in [0.1, 0.15) is 5.75 Å². The molecule has 7 nitrogen and oxygen atoms in total. The zero-order chi connectivity index (χ0) is 21.5. The number of benzene rings is 2. The van der Waals surface area contributed by atoms with Crippen molar-refractivity contribution in [3.63, 3.8) is 0 Å². The molecule has 0 saturated carbocycles. The van der Waals surface area contributed by atoms with Gasteiger partial charge in [0.25, 0.3) is 5.56 Å². The number of hydrogen-bond donors (Lipinski definition) is 0. The van der Waals surface area contributed by atoms with Crippen molar-refractivity contribution < 1.29 is 19.0 Å². The molecule has 8 heteroatoms. The summed E-state index contributed by atoms with van der Waals surface area (Å²) >= 11 is 1.10. The Morgan fingerprint density at radius 3 is 2.47 bits per heavy atom. The van der Waals surface area contributed by atoms with Crippen LogP contribution < -0.4 is 19.8 Å². The molecule has 0 spiro atoms. The lowest BCUT2D eigenvalue weighted by Crippen LogP contribution is -2.21. The molecule has 0 N–H and O–H groups in total. The van der Waals surface area contributed by atoms with E-state index < -0.39 is 0 Å². The van der Waals surface area contributed by atoms with Crippen LogP contribution in [0, 0.1) is 0 Å². The zero-order valence-corrected chi connectivity index (χ0v) is 17.8. The van der Waals surface area contributed by atoms with Crippen LogP contribution in [-0.2, 0) is 0 Å². The second-order valence-corrected chi connectivity index (χ2v) is 7.08. The van der Waals surface area contributed by atoms with Gasteiger partial charge in [0, 0.05) is 23.6 Å². The van der Waals surface area contributed by atoms with Gasteiger partial charge in [-0.25, -0.2) is 4.98 Å². The van der Waals surface area contributed by atoms with E-state index in [2.05, 4.69) is 4.98 Å². The van der Waals surface area contributed by atoms with Crippen molar-refractivity contribution in [3.05, 3.63) is 70.8 Å². The monoisotopic (exact) mass is 426 g/mol. The van der Waals surface area contributed by atoms with Crippen molar-refractivity contribution in [1.82, 2.24) is 9.55 Å². The molecule has 0 aliphatic heterocycles. The number of methoxy groups -OCH3 is 2. The molecule has 2 aromatic carbocycles. The van der Waals surface area contributed by atoms with Gasteiger partial charge in [-0.2, -0.15) is 0 Å². The molecule has 0 amide bonds. The molecule has 0 bridgehead atoms. The summed E-state index contributed by atoms with van der Waals surface area (Å²) in [5.41, 5.74) is 0.883. The Labute approximate surface area is 178 Å². The molecular formula is C22H22N2O5S. The predicted molar refractivity (Wildman–Crippen MR) is 116 cm³/mol. The molecule has 1 heterocycles. The molecule has 0 aliphatic carbocycles. The molecule has 0 aliphatic rings. The van der Waals surface area contributed by atoms with Crippen LogP contribution in [0.15, 0.2) is 64.7 Å². The molecule has 0 atom stereocenters. The maximum atomic E-state index is 12.8. The largest absolute Gasteiger partial charge is 0.494 e. The van der Waals surface area contributed by atoms with Crippen LogP contribution >= 0.6 is 11.8 Å². The fourth-order valence-corrected chi connectivity index (χ4v) is 3.58. The number of ketones is 1. The fraction of sp³-hybridized carbons (Fsp3) is 0.227. The summed E-state index contributed by atoms with van der Waals surface area (Å²) in [6, 6.07) is 12.2. The Morgan fingerprint density at radius 2 is 1.80 bits per heavy atom. The standard InChI is InChI=1S/C22H22N2O5S/c1-4-29-17-8-6-16(7-9-17)24-12-11-23-21(22(24)26)30-14-18(25)15-5-10-19(27-2)20(13-15)28-3/h5-13H,4,14H2,1-3H3. The van der Waals surface area contributed by atoms with E-state index in [0.717, 1.165) is 17.5 Å². The van der Waals surface area contributed by atoms with Crippen LogP contribution in [0.1, 0.15) is 17.3 Å². The minimum Gasteiger partial charge on any atom is -0.494 e. The summed E-state index contributed by atoms with van der Waals surface area (Å²) in [5.74, 6) is 1.69. The Hall–Kier alpha value is -3.26. The van der Waals surface area contributed by atoms with Gasteiger partial charge in [-0.15, -0.1) is 0 Å². The quantitative estimate of drug-likeness (QED) is 0.382. The third-order valence-corrected chi connectivity index (χ3v) is 5.24. The van der Waals surface area contributed by atoms with Gasteiger partial charge >= 0.3 is 0 Å². The first kappa shape index (κ1) is 21.4. The highest BCUT2D eigenvalue weighted by molar-refractivity contribution is 7.99. The number of carbonyl (C=O) groups excluding carboxylic acids is 1. The number of carbonyl (C=O) groups is 1. The lowest BCUT2D eigenvalue weighted by molar-refractivity contribution is 0.102. The van der Waals surface area contributed by atoms with E-state index in [9.17, 15) is 9.59 Å². The highest BCUT2D eigenvalue weighted by atomic mass is 32.2. The summed E-state index contributed by atoms with van der Waals surface area (Å²) in [6.07, 6.45) is 3.14. The second kappa shape index (κ2) is 9.98. The number of nitrogens with zero attached hydrogens (tertiary/aromatic N) is 2. The van der Waals surface area contributed by atoms with Crippen LogP contribution in [0.4, 0.5) is 0 Å². The van der Waals surface area contributed by atoms with Crippen LogP contribution in [0.5, 0.6) is 17.2 Å². The summed E-state index contributed by atoms with van der Waals surface area (Å²) < 4.78 is 17.3. The van der Waals surface area contributed by atoms with Crippen molar-refractivity contribution in [1.29, 1.82) is 0 Å². The third-order valence-electron chi connectivity index (χ3n) is 4.28. The first-order valence-corrected chi connectivity index (χ1v) is 10.2. The first-order valence-electron chi connectivity index (χ1n) is 9.26. The SMILES string of the molecule is CCOc1ccc(-n2ccnc(SCC(=O)c3ccc(OC)c(OC)c3)c2=O)cc1. The normalized spacial score (nSPS) is 10.5. The smallest absolute Gasteiger partial charge is 0.287 e. The van der Waals surface area contributed by atoms with Gasteiger partial charge in [0.15, 0.2) is 22.3 Å². The maximum absolute atomic E-state index is 12.8. The van der Waals surface area contributed by atoms with Crippen molar-refractivity contribution in [2.45, 2.75) is 11.9 Å². The van der Waals surface area contributed by atoms with E-state index in [-0.39, 0.29) is 22.1 Å². The van der Waals surface area contributed by atoms with Crippen LogP contribution in [0.3, 0.4) is 0 Å². The average molecular weight is 426 g/mol. The Morgan fingerprint density at radius 1 is 1.07 bits per heavy atom. The lowest BCUT2D eigenvalue weighted by atomic mass is 10.1. The number of ether oxygens (including phenoxy) is 3. The van der Waals surface area contributed by atoms with Crippen molar-refractivity contribution in [2.24, 2.45) is 0 Å². The van der Waals surface area contributed by atoms with Crippen LogP contribution in [-0.4, -0.2) is 41.9 Å². The van der Waals surface area contributed by atoms with E-state index in [1.165, 1.54) is 18.8 Å². The lowest BCUT2D eigenvalue weighted by Gasteiger charge is -2.10. The van der Waals surface area contributed by atoms with Gasteiger partial charge < -0.3 is 14.2 Å². The highest BCUT2D eigenvalue weighted by Crippen LogP contribution is 2.28. The molecule has 0 fully saturated rings. The fourth-order valence-electron chi connectivity index (χ4n) is 2.79. The first-order chi connectivity index (χ1) is 14.6. The molecule has 0 saturated heterocycles. The molecule has 156 valence electrons. The molecule has 0 unspecified atom stereocenters. The Kier molecular flexibility index (Phi) is 7.13. The minimum absolute atomic E-state index is 0.0744. The van der Waals surface area contributed by atoms with E-state index in [1.54, 1.807) is 54.9 Å². The summed E-state index contributed by atoms with van der Waals surface area (Å²) in [4.78, 5) is 29.5. The van der Waals surface area contributed by atoms with E-state index in [0.29, 0.717) is 29.4 Å². The third kappa shape index (κ3) is 4.83. The molecular weight excluding hydrogens is 404 g/mol. The number of rotatable bonds is 9. The van der Waals surface area contributed by atoms with Gasteiger partial charge in [-0.3, -0.25) is 14.2 Å². The van der Waals surface area contributed by atoms with Gasteiger partial charge in [0.2, 0.25) is 0 Å². The summed E-state index contributed by atoms with van der Waals surface area (Å²) in [5, 5.41) is 0.250. The average Bonchev–Trinajstić information content (AvgIpc) is 2.78. The number of hydrogen-bond acceptors (Lipinski definition) is 7.